The molecule has 0 aliphatic rings. The van der Waals surface area contributed by atoms with Crippen LogP contribution >= 0.6 is 0 Å². The number of nitrogens with zero attached hydrogens (tertiary/aromatic N) is 3. The normalized spacial score (nSPS) is 11.5. The van der Waals surface area contributed by atoms with E-state index in [0.717, 1.165) is 52.0 Å². The zero-order valence-electron chi connectivity index (χ0n) is 25.0. The predicted molar refractivity (Wildman–Crippen MR) is 178 cm³/mol. The molecule has 0 radical (unpaired) electrons. The molecule has 0 aliphatic carbocycles. The molecule has 8 heteroatoms. The van der Waals surface area contributed by atoms with Crippen LogP contribution in [0.5, 0.6) is 0 Å². The van der Waals surface area contributed by atoms with Gasteiger partial charge >= 0.3 is 0 Å². The van der Waals surface area contributed by atoms with E-state index in [-0.39, 0.29) is 5.56 Å². The van der Waals surface area contributed by atoms with E-state index in [1.807, 2.05) is 61.6 Å². The van der Waals surface area contributed by atoms with Crippen LogP contribution < -0.4 is 10.5 Å². The summed E-state index contributed by atoms with van der Waals surface area (Å²) < 4.78 is 8.15. The number of ether oxygens (including phenoxy) is 1. The highest BCUT2D eigenvalue weighted by atomic mass is 28.3. The number of hydrogen-bond acceptors (Lipinski definition) is 4. The third kappa shape index (κ3) is 7.08. The molecule has 2 aromatic carbocycles. The van der Waals surface area contributed by atoms with Crippen molar-refractivity contribution < 1.29 is 4.74 Å². The van der Waals surface area contributed by atoms with Gasteiger partial charge in [0.2, 0.25) is 5.56 Å². The van der Waals surface area contributed by atoms with Crippen LogP contribution in [0.25, 0.3) is 44.5 Å². The van der Waals surface area contributed by atoms with Gasteiger partial charge in [0.1, 0.15) is 6.73 Å². The lowest BCUT2D eigenvalue weighted by Crippen LogP contribution is -2.22. The van der Waals surface area contributed by atoms with Crippen LogP contribution in [0.4, 0.5) is 5.69 Å². The van der Waals surface area contributed by atoms with Gasteiger partial charge in [-0.05, 0) is 48.5 Å². The van der Waals surface area contributed by atoms with Crippen molar-refractivity contribution in [3.8, 4) is 22.6 Å². The summed E-state index contributed by atoms with van der Waals surface area (Å²) in [5, 5.41) is 2.39. The number of hydrogen-bond donors (Lipinski definition) is 2. The Morgan fingerprint density at radius 3 is 2.33 bits per heavy atom. The smallest absolute Gasteiger partial charge is 0.247 e. The Labute approximate surface area is 247 Å². The first-order chi connectivity index (χ1) is 20.2. The van der Waals surface area contributed by atoms with Crippen molar-refractivity contribution in [3.05, 3.63) is 108 Å². The number of benzene rings is 2. The second kappa shape index (κ2) is 12.6. The third-order valence-electron chi connectivity index (χ3n) is 7.18. The van der Waals surface area contributed by atoms with Crippen LogP contribution in [-0.4, -0.2) is 48.3 Å². The Hall–Kier alpha value is -4.40. The van der Waals surface area contributed by atoms with Crippen LogP contribution in [0.2, 0.25) is 25.7 Å². The lowest BCUT2D eigenvalue weighted by atomic mass is 10.2. The molecule has 0 unspecified atom stereocenters. The van der Waals surface area contributed by atoms with Crippen LogP contribution in [0.1, 0.15) is 0 Å². The maximum Gasteiger partial charge on any atom is 0.247 e. The maximum absolute atomic E-state index is 11.3. The summed E-state index contributed by atoms with van der Waals surface area (Å²) in [5.74, 6) is 0. The van der Waals surface area contributed by atoms with E-state index in [1.54, 1.807) is 12.3 Å². The molecule has 2 N–H and O–H groups in total. The Kier molecular flexibility index (Phi) is 8.75. The number of aromatic nitrogens is 4. The highest BCUT2D eigenvalue weighted by molar-refractivity contribution is 6.76. The minimum atomic E-state index is -1.09. The van der Waals surface area contributed by atoms with E-state index in [2.05, 4.69) is 81.6 Å². The Bertz CT molecular complexity index is 1770. The van der Waals surface area contributed by atoms with Gasteiger partial charge in [-0.25, -0.2) is 0 Å². The third-order valence-corrected chi connectivity index (χ3v) is 8.88. The summed E-state index contributed by atoms with van der Waals surface area (Å²) in [6, 6.07) is 29.5. The minimum Gasteiger partial charge on any atom is -0.376 e. The average Bonchev–Trinajstić information content (AvgIpc) is 3.58. The van der Waals surface area contributed by atoms with Crippen LogP contribution in [0, 0.1) is 0 Å². The number of aromatic amines is 2. The zero-order valence-corrected chi connectivity index (χ0v) is 26.0. The maximum atomic E-state index is 11.3. The molecule has 0 spiro atoms. The summed E-state index contributed by atoms with van der Waals surface area (Å²) in [7, 11) is 2.94. The fourth-order valence-electron chi connectivity index (χ4n) is 4.71. The number of nitrogens with one attached hydrogen (secondary N) is 2. The molecule has 0 atom stereocenters. The van der Waals surface area contributed by atoms with Crippen LogP contribution in [0.15, 0.2) is 102 Å². The predicted octanol–water partition coefficient (Wildman–Crippen LogP) is 7.60. The van der Waals surface area contributed by atoms with Crippen molar-refractivity contribution >= 4 is 35.6 Å². The highest BCUT2D eigenvalue weighted by Gasteiger charge is 2.14. The quantitative estimate of drug-likeness (QED) is 0.144. The van der Waals surface area contributed by atoms with Gasteiger partial charge in [0.25, 0.3) is 0 Å². The standard InChI is InChI=1S/C19H24N2O2Si.C15H15N3/c1-24(2,3)11-10-23-14-21-17-7-5-4-6-15(17)12-18(21)16-8-9-19(22)20-13-16;1-18(2)12-7-8-14(16-10-12)15-9-11-5-3-4-6-13(11)17-15/h4-9,12-13H,10-11,14H2,1-3H3,(H,20,22);3-10,17H,1-2H3. The van der Waals surface area contributed by atoms with E-state index < -0.39 is 8.07 Å². The molecule has 7 nitrogen and oxygen atoms in total. The number of H-pyrrole nitrogens is 2. The lowest BCUT2D eigenvalue weighted by Gasteiger charge is -2.17. The van der Waals surface area contributed by atoms with Crippen molar-refractivity contribution in [1.82, 2.24) is 19.5 Å². The summed E-state index contributed by atoms with van der Waals surface area (Å²) in [4.78, 5) is 24.0. The molecular formula is C34H39N5O2Si. The molecule has 0 saturated heterocycles. The number of para-hydroxylation sites is 2. The molecule has 0 aliphatic heterocycles. The highest BCUT2D eigenvalue weighted by Crippen LogP contribution is 2.28. The van der Waals surface area contributed by atoms with Crippen molar-refractivity contribution in [2.24, 2.45) is 0 Å². The number of fused-ring (bicyclic) bond motifs is 2. The van der Waals surface area contributed by atoms with Crippen molar-refractivity contribution in [3.63, 3.8) is 0 Å². The number of rotatable bonds is 8. The van der Waals surface area contributed by atoms with Crippen LogP contribution in [0.3, 0.4) is 0 Å². The first-order valence-electron chi connectivity index (χ1n) is 14.2. The largest absolute Gasteiger partial charge is 0.376 e. The van der Waals surface area contributed by atoms with Gasteiger partial charge in [-0.2, -0.15) is 0 Å². The van der Waals surface area contributed by atoms with Crippen molar-refractivity contribution in [2.75, 3.05) is 25.6 Å². The van der Waals surface area contributed by atoms with Gasteiger partial charge in [0, 0.05) is 62.9 Å². The molecule has 42 heavy (non-hydrogen) atoms. The van der Waals surface area contributed by atoms with Crippen molar-refractivity contribution in [2.45, 2.75) is 32.4 Å². The molecule has 0 amide bonds. The second-order valence-corrected chi connectivity index (χ2v) is 17.5. The first kappa shape index (κ1) is 29.1. The molecule has 216 valence electrons. The van der Waals surface area contributed by atoms with Gasteiger partial charge in [0.15, 0.2) is 0 Å². The monoisotopic (exact) mass is 577 g/mol. The minimum absolute atomic E-state index is 0.0900. The van der Waals surface area contributed by atoms with Gasteiger partial charge in [0.05, 0.1) is 34.5 Å². The van der Waals surface area contributed by atoms with Crippen LogP contribution in [-0.2, 0) is 11.5 Å². The number of anilines is 1. The molecular weight excluding hydrogens is 538 g/mol. The summed E-state index contributed by atoms with van der Waals surface area (Å²) in [6.45, 7) is 8.37. The molecule has 0 fully saturated rings. The van der Waals surface area contributed by atoms with E-state index in [1.165, 1.54) is 10.8 Å². The number of pyridine rings is 2. The fraction of sp³-hybridized carbons (Fsp3) is 0.235. The Morgan fingerprint density at radius 2 is 1.67 bits per heavy atom. The average molecular weight is 578 g/mol. The van der Waals surface area contributed by atoms with Gasteiger partial charge < -0.3 is 24.2 Å². The summed E-state index contributed by atoms with van der Waals surface area (Å²) in [5.41, 5.74) is 7.37. The van der Waals surface area contributed by atoms with Gasteiger partial charge in [-0.15, -0.1) is 0 Å². The molecule has 6 aromatic rings. The molecule has 0 saturated carbocycles. The SMILES string of the molecule is CN(C)c1ccc(-c2cc3ccccc3[nH]2)nc1.C[Si](C)(C)CCOCn1c(-c2ccc(=O)[nH]c2)cc2ccccc21. The van der Waals surface area contributed by atoms with Gasteiger partial charge in [-0.3, -0.25) is 9.78 Å². The summed E-state index contributed by atoms with van der Waals surface area (Å²) >= 11 is 0. The molecule has 4 aromatic heterocycles. The van der Waals surface area contributed by atoms with E-state index in [0.29, 0.717) is 6.73 Å². The second-order valence-electron chi connectivity index (χ2n) is 11.9. The Morgan fingerprint density at radius 1 is 0.905 bits per heavy atom. The zero-order chi connectivity index (χ0) is 29.7. The summed E-state index contributed by atoms with van der Waals surface area (Å²) in [6.07, 6.45) is 3.65. The molecule has 6 rings (SSSR count). The van der Waals surface area contributed by atoms with E-state index in [4.69, 9.17) is 4.74 Å². The lowest BCUT2D eigenvalue weighted by molar-refractivity contribution is 0.0913. The van der Waals surface area contributed by atoms with Crippen molar-refractivity contribution in [1.29, 1.82) is 0 Å². The molecule has 0 bridgehead atoms. The molecule has 4 heterocycles. The van der Waals surface area contributed by atoms with E-state index in [9.17, 15) is 4.79 Å². The topological polar surface area (TPSA) is 78.9 Å². The van der Waals surface area contributed by atoms with Gasteiger partial charge in [-0.1, -0.05) is 56.0 Å². The van der Waals surface area contributed by atoms with E-state index >= 15 is 0 Å². The fourth-order valence-corrected chi connectivity index (χ4v) is 5.47. The first-order valence-corrected chi connectivity index (χ1v) is 18.0. The Balaban J connectivity index is 0.000000175.